The van der Waals surface area contributed by atoms with Crippen molar-refractivity contribution in [2.45, 2.75) is 64.5 Å². The van der Waals surface area contributed by atoms with Crippen molar-refractivity contribution in [3.63, 3.8) is 0 Å². The summed E-state index contributed by atoms with van der Waals surface area (Å²) in [6, 6.07) is 6.67. The first kappa shape index (κ1) is 16.9. The third-order valence-electron chi connectivity index (χ3n) is 6.61. The lowest BCUT2D eigenvalue weighted by molar-refractivity contribution is 0.197. The Morgan fingerprint density at radius 3 is 2.84 bits per heavy atom. The first-order chi connectivity index (χ1) is 12.1. The summed E-state index contributed by atoms with van der Waals surface area (Å²) in [5, 5.41) is 0. The Morgan fingerprint density at radius 1 is 1.24 bits per heavy atom. The second-order valence-corrected chi connectivity index (χ2v) is 8.46. The smallest absolute Gasteiger partial charge is 0.306 e. The van der Waals surface area contributed by atoms with Crippen LogP contribution in [0, 0.1) is 11.8 Å². The van der Waals surface area contributed by atoms with Crippen molar-refractivity contribution in [2.24, 2.45) is 11.8 Å². The quantitative estimate of drug-likeness (QED) is 0.899. The van der Waals surface area contributed by atoms with Crippen LogP contribution in [0.5, 0.6) is 0 Å². The predicted octanol–water partition coefficient (Wildman–Crippen LogP) is 3.79. The molecule has 1 N–H and O–H groups in total. The molecule has 1 aromatic carbocycles. The molecule has 1 aliphatic heterocycles. The van der Waals surface area contributed by atoms with Crippen molar-refractivity contribution in [1.29, 1.82) is 0 Å². The molecule has 2 aliphatic rings. The molecule has 0 unspecified atom stereocenters. The molecule has 1 aromatic heterocycles. The summed E-state index contributed by atoms with van der Waals surface area (Å²) in [6.45, 7) is 4.35. The van der Waals surface area contributed by atoms with E-state index in [2.05, 4.69) is 36.0 Å². The van der Waals surface area contributed by atoms with Gasteiger partial charge in [-0.05, 0) is 56.3 Å². The van der Waals surface area contributed by atoms with E-state index in [0.717, 1.165) is 42.4 Å². The van der Waals surface area contributed by atoms with Gasteiger partial charge in [0.25, 0.3) is 0 Å². The molecule has 0 radical (unpaired) electrons. The molecule has 0 amide bonds. The predicted molar refractivity (Wildman–Crippen MR) is 103 cm³/mol. The van der Waals surface area contributed by atoms with Crippen LogP contribution in [0.25, 0.3) is 11.0 Å². The molecule has 0 spiro atoms. The van der Waals surface area contributed by atoms with Gasteiger partial charge in [-0.25, -0.2) is 4.79 Å². The van der Waals surface area contributed by atoms with Gasteiger partial charge in [-0.2, -0.15) is 0 Å². The fraction of sp³-hybridized carbons (Fsp3) is 0.667. The van der Waals surface area contributed by atoms with Crippen LogP contribution in [-0.2, 0) is 13.0 Å². The fourth-order valence-corrected chi connectivity index (χ4v) is 4.89. The van der Waals surface area contributed by atoms with Gasteiger partial charge in [0.15, 0.2) is 0 Å². The summed E-state index contributed by atoms with van der Waals surface area (Å²) in [4.78, 5) is 17.7. The van der Waals surface area contributed by atoms with Gasteiger partial charge in [0, 0.05) is 12.6 Å². The number of rotatable bonds is 5. The average molecular weight is 341 g/mol. The molecule has 4 rings (SSSR count). The molecule has 1 aliphatic carbocycles. The zero-order valence-electron chi connectivity index (χ0n) is 15.6. The third-order valence-corrected chi connectivity index (χ3v) is 6.61. The summed E-state index contributed by atoms with van der Waals surface area (Å²) in [6.07, 6.45) is 9.40. The van der Waals surface area contributed by atoms with E-state index in [0.29, 0.717) is 6.04 Å². The van der Waals surface area contributed by atoms with Gasteiger partial charge in [-0.3, -0.25) is 4.57 Å². The molecular formula is C21H31N3O. The maximum Gasteiger partial charge on any atom is 0.326 e. The summed E-state index contributed by atoms with van der Waals surface area (Å²) in [7, 11) is 2.23. The highest BCUT2D eigenvalue weighted by Gasteiger charge is 2.25. The molecule has 1 saturated carbocycles. The van der Waals surface area contributed by atoms with Gasteiger partial charge in [-0.1, -0.05) is 44.7 Å². The SMILES string of the molecule is CC1CCC(CCCN(C)[C@@H]2Cc3cccc4[nH]c(=O)n(c34)C2)CC1. The lowest BCUT2D eigenvalue weighted by atomic mass is 9.81. The highest BCUT2D eigenvalue weighted by molar-refractivity contribution is 5.79. The Balaban J connectivity index is 1.35. The van der Waals surface area contributed by atoms with Crippen molar-refractivity contribution < 1.29 is 0 Å². The normalized spacial score (nSPS) is 26.4. The number of benzene rings is 1. The van der Waals surface area contributed by atoms with E-state index in [1.807, 2.05) is 10.6 Å². The maximum absolute atomic E-state index is 12.3. The van der Waals surface area contributed by atoms with Crippen molar-refractivity contribution in [3.8, 4) is 0 Å². The van der Waals surface area contributed by atoms with E-state index in [4.69, 9.17) is 0 Å². The van der Waals surface area contributed by atoms with Gasteiger partial charge in [0.1, 0.15) is 0 Å². The van der Waals surface area contributed by atoms with Gasteiger partial charge >= 0.3 is 5.69 Å². The zero-order chi connectivity index (χ0) is 17.4. The van der Waals surface area contributed by atoms with Crippen molar-refractivity contribution >= 4 is 11.0 Å². The van der Waals surface area contributed by atoms with Gasteiger partial charge in [-0.15, -0.1) is 0 Å². The van der Waals surface area contributed by atoms with E-state index in [1.54, 1.807) is 0 Å². The van der Waals surface area contributed by atoms with E-state index in [-0.39, 0.29) is 5.69 Å². The van der Waals surface area contributed by atoms with Crippen LogP contribution in [0.2, 0.25) is 0 Å². The van der Waals surface area contributed by atoms with Gasteiger partial charge < -0.3 is 9.88 Å². The monoisotopic (exact) mass is 341 g/mol. The third kappa shape index (κ3) is 3.41. The standard InChI is InChI=1S/C21H31N3O/c1-15-8-10-16(11-9-15)5-4-12-23(2)18-13-17-6-3-7-19-20(17)24(14-18)21(25)22-19/h3,6-7,15-16,18H,4-5,8-14H2,1-2H3,(H,22,25)/t15?,16?,18-/m1/s1. The summed E-state index contributed by atoms with van der Waals surface area (Å²) in [5.41, 5.74) is 3.45. The van der Waals surface area contributed by atoms with Crippen molar-refractivity contribution in [3.05, 3.63) is 34.2 Å². The molecule has 1 fully saturated rings. The molecule has 25 heavy (non-hydrogen) atoms. The van der Waals surface area contributed by atoms with E-state index in [1.165, 1.54) is 44.1 Å². The van der Waals surface area contributed by atoms with Gasteiger partial charge in [0.05, 0.1) is 11.0 Å². The lowest BCUT2D eigenvalue weighted by Gasteiger charge is -2.32. The Bertz CT molecular complexity index is 782. The highest BCUT2D eigenvalue weighted by Crippen LogP contribution is 2.31. The second kappa shape index (κ2) is 6.99. The Morgan fingerprint density at radius 2 is 2.04 bits per heavy atom. The number of nitrogens with one attached hydrogen (secondary N) is 1. The molecule has 4 nitrogen and oxygen atoms in total. The second-order valence-electron chi connectivity index (χ2n) is 8.46. The lowest BCUT2D eigenvalue weighted by Crippen LogP contribution is -2.42. The van der Waals surface area contributed by atoms with Crippen LogP contribution in [0.1, 0.15) is 51.0 Å². The molecular weight excluding hydrogens is 310 g/mol. The molecule has 0 saturated heterocycles. The molecule has 4 heteroatoms. The number of hydrogen-bond donors (Lipinski definition) is 1. The first-order valence-corrected chi connectivity index (χ1v) is 10.0. The number of likely N-dealkylation sites (N-methyl/N-ethyl adjacent to an activating group) is 1. The van der Waals surface area contributed by atoms with Crippen molar-refractivity contribution in [2.75, 3.05) is 13.6 Å². The van der Waals surface area contributed by atoms with Crippen LogP contribution in [0.4, 0.5) is 0 Å². The van der Waals surface area contributed by atoms with Gasteiger partial charge in [0.2, 0.25) is 0 Å². The Hall–Kier alpha value is -1.55. The number of aromatic nitrogens is 2. The summed E-state index contributed by atoms with van der Waals surface area (Å²) in [5.74, 6) is 1.89. The summed E-state index contributed by atoms with van der Waals surface area (Å²) >= 11 is 0. The molecule has 2 aromatic rings. The van der Waals surface area contributed by atoms with E-state index in [9.17, 15) is 4.79 Å². The Kier molecular flexibility index (Phi) is 4.72. The topological polar surface area (TPSA) is 41.0 Å². The number of imidazole rings is 1. The van der Waals surface area contributed by atoms with E-state index >= 15 is 0 Å². The fourth-order valence-electron chi connectivity index (χ4n) is 4.89. The molecule has 0 bridgehead atoms. The average Bonchev–Trinajstić information content (AvgIpc) is 2.94. The Labute approximate surface area is 150 Å². The zero-order valence-corrected chi connectivity index (χ0v) is 15.6. The molecule has 1 atom stereocenters. The minimum absolute atomic E-state index is 0.0388. The number of para-hydroxylation sites is 1. The molecule has 136 valence electrons. The van der Waals surface area contributed by atoms with Crippen LogP contribution in [0.3, 0.4) is 0 Å². The number of hydrogen-bond acceptors (Lipinski definition) is 2. The summed E-state index contributed by atoms with van der Waals surface area (Å²) < 4.78 is 1.94. The highest BCUT2D eigenvalue weighted by atomic mass is 16.1. The van der Waals surface area contributed by atoms with Crippen LogP contribution >= 0.6 is 0 Å². The largest absolute Gasteiger partial charge is 0.326 e. The van der Waals surface area contributed by atoms with E-state index < -0.39 is 0 Å². The van der Waals surface area contributed by atoms with Crippen molar-refractivity contribution in [1.82, 2.24) is 14.5 Å². The first-order valence-electron chi connectivity index (χ1n) is 10.0. The van der Waals surface area contributed by atoms with Crippen LogP contribution in [0.15, 0.2) is 23.0 Å². The minimum Gasteiger partial charge on any atom is -0.306 e. The minimum atomic E-state index is 0.0388. The molecule has 2 heterocycles. The number of H-pyrrole nitrogens is 1. The van der Waals surface area contributed by atoms with Crippen LogP contribution in [-0.4, -0.2) is 34.1 Å². The van der Waals surface area contributed by atoms with Crippen LogP contribution < -0.4 is 5.69 Å². The number of aromatic amines is 1. The number of nitrogens with zero attached hydrogens (tertiary/aromatic N) is 2. The maximum atomic E-state index is 12.3.